The Labute approximate surface area is 117 Å². The van der Waals surface area contributed by atoms with E-state index >= 15 is 0 Å². The molecule has 0 aliphatic carbocycles. The van der Waals surface area contributed by atoms with Crippen LogP contribution in [0.4, 0.5) is 0 Å². The fourth-order valence-electron chi connectivity index (χ4n) is 1.99. The molecule has 0 radical (unpaired) electrons. The smallest absolute Gasteiger partial charge is 0.240 e. The normalized spacial score (nSPS) is 14.3. The largest absolute Gasteiger partial charge is 0.348 e. The molecule has 0 saturated carbocycles. The van der Waals surface area contributed by atoms with E-state index in [9.17, 15) is 4.79 Å². The molecule has 1 aromatic heterocycles. The van der Waals surface area contributed by atoms with Crippen LogP contribution in [-0.2, 0) is 11.3 Å². The van der Waals surface area contributed by atoms with Crippen molar-refractivity contribution in [3.8, 4) is 0 Å². The number of thiazole rings is 1. The van der Waals surface area contributed by atoms with E-state index in [-0.39, 0.29) is 5.91 Å². The van der Waals surface area contributed by atoms with E-state index < -0.39 is 5.54 Å². The Morgan fingerprint density at radius 3 is 2.89 bits per heavy atom. The molecule has 0 bridgehead atoms. The molecule has 1 heterocycles. The highest BCUT2D eigenvalue weighted by Gasteiger charge is 2.26. The summed E-state index contributed by atoms with van der Waals surface area (Å²) >= 11 is 1.60. The summed E-state index contributed by atoms with van der Waals surface area (Å²) < 4.78 is 1.14. The number of para-hydroxylation sites is 1. The van der Waals surface area contributed by atoms with Crippen molar-refractivity contribution in [1.82, 2.24) is 10.3 Å². The molecule has 1 aromatic carbocycles. The number of hydrogen-bond acceptors (Lipinski definition) is 4. The highest BCUT2D eigenvalue weighted by Crippen LogP contribution is 2.21. The van der Waals surface area contributed by atoms with Gasteiger partial charge in [0.05, 0.1) is 22.3 Å². The van der Waals surface area contributed by atoms with Gasteiger partial charge in [-0.2, -0.15) is 0 Å². The van der Waals surface area contributed by atoms with Crippen molar-refractivity contribution in [2.24, 2.45) is 5.73 Å². The van der Waals surface area contributed by atoms with Crippen LogP contribution in [0.3, 0.4) is 0 Å². The van der Waals surface area contributed by atoms with Crippen LogP contribution in [-0.4, -0.2) is 16.4 Å². The third kappa shape index (κ3) is 3.30. The standard InChI is InChI=1S/C14H19N3OS/c1-3-8-14(2,15)13(18)16-9-12-17-10-6-4-5-7-11(10)19-12/h4-7H,3,8-9,15H2,1-2H3,(H,16,18). The van der Waals surface area contributed by atoms with Crippen molar-refractivity contribution in [3.05, 3.63) is 29.3 Å². The number of nitrogens with one attached hydrogen (secondary N) is 1. The summed E-state index contributed by atoms with van der Waals surface area (Å²) in [5.41, 5.74) is 6.15. The molecule has 5 heteroatoms. The number of rotatable bonds is 5. The molecule has 4 nitrogen and oxygen atoms in total. The van der Waals surface area contributed by atoms with Gasteiger partial charge in [0.1, 0.15) is 5.01 Å². The summed E-state index contributed by atoms with van der Waals surface area (Å²) in [7, 11) is 0. The van der Waals surface area contributed by atoms with Crippen molar-refractivity contribution in [2.75, 3.05) is 0 Å². The minimum Gasteiger partial charge on any atom is -0.348 e. The lowest BCUT2D eigenvalue weighted by Crippen LogP contribution is -2.51. The van der Waals surface area contributed by atoms with Gasteiger partial charge in [0.15, 0.2) is 0 Å². The average Bonchev–Trinajstić information content (AvgIpc) is 2.78. The number of carbonyl (C=O) groups excluding carboxylic acids is 1. The fraction of sp³-hybridized carbons (Fsp3) is 0.429. The molecule has 0 saturated heterocycles. The summed E-state index contributed by atoms with van der Waals surface area (Å²) in [5.74, 6) is -0.117. The molecule has 1 unspecified atom stereocenters. The van der Waals surface area contributed by atoms with Gasteiger partial charge in [0, 0.05) is 0 Å². The molecule has 0 fully saturated rings. The summed E-state index contributed by atoms with van der Waals surface area (Å²) in [6.07, 6.45) is 1.57. The molecule has 19 heavy (non-hydrogen) atoms. The molecule has 3 N–H and O–H groups in total. The van der Waals surface area contributed by atoms with Gasteiger partial charge in [-0.05, 0) is 25.5 Å². The SMILES string of the molecule is CCCC(C)(N)C(=O)NCc1nc2ccccc2s1. The zero-order valence-electron chi connectivity index (χ0n) is 11.3. The van der Waals surface area contributed by atoms with Gasteiger partial charge in [-0.25, -0.2) is 4.98 Å². The first-order valence-corrected chi connectivity index (χ1v) is 7.26. The predicted molar refractivity (Wildman–Crippen MR) is 79.0 cm³/mol. The summed E-state index contributed by atoms with van der Waals surface area (Å²) in [6, 6.07) is 7.95. The Kier molecular flexibility index (Phi) is 4.17. The predicted octanol–water partition coefficient (Wildman–Crippen LogP) is 2.43. The van der Waals surface area contributed by atoms with Gasteiger partial charge in [-0.15, -0.1) is 11.3 Å². The second-order valence-corrected chi connectivity index (χ2v) is 6.04. The first-order chi connectivity index (χ1) is 9.03. The number of amides is 1. The Hall–Kier alpha value is -1.46. The molecule has 2 aromatic rings. The lowest BCUT2D eigenvalue weighted by atomic mass is 9.97. The van der Waals surface area contributed by atoms with E-state index in [0.717, 1.165) is 21.6 Å². The Bertz CT molecular complexity index is 544. The van der Waals surface area contributed by atoms with Gasteiger partial charge in [-0.1, -0.05) is 25.5 Å². The molecule has 0 spiro atoms. The number of nitrogens with zero attached hydrogens (tertiary/aromatic N) is 1. The molecule has 1 atom stereocenters. The maximum atomic E-state index is 12.0. The first-order valence-electron chi connectivity index (χ1n) is 6.44. The highest BCUT2D eigenvalue weighted by molar-refractivity contribution is 7.18. The molecule has 0 aliphatic heterocycles. The Balaban J connectivity index is 2.00. The zero-order valence-corrected chi connectivity index (χ0v) is 12.1. The molecule has 2 rings (SSSR count). The molecular weight excluding hydrogens is 258 g/mol. The summed E-state index contributed by atoms with van der Waals surface area (Å²) in [6.45, 7) is 4.23. The van der Waals surface area contributed by atoms with Gasteiger partial charge in [0.2, 0.25) is 5.91 Å². The molecule has 102 valence electrons. The minimum atomic E-state index is -0.800. The van der Waals surface area contributed by atoms with E-state index in [0.29, 0.717) is 13.0 Å². The van der Waals surface area contributed by atoms with Crippen molar-refractivity contribution in [1.29, 1.82) is 0 Å². The first kappa shape index (κ1) is 14.0. The van der Waals surface area contributed by atoms with Gasteiger partial charge in [-0.3, -0.25) is 4.79 Å². The topological polar surface area (TPSA) is 68.0 Å². The summed E-state index contributed by atoms with van der Waals surface area (Å²) in [5, 5.41) is 3.77. The average molecular weight is 277 g/mol. The minimum absolute atomic E-state index is 0.117. The number of aromatic nitrogens is 1. The summed E-state index contributed by atoms with van der Waals surface area (Å²) in [4.78, 5) is 16.5. The third-order valence-corrected chi connectivity index (χ3v) is 4.06. The van der Waals surface area contributed by atoms with Crippen LogP contribution in [0.1, 0.15) is 31.7 Å². The van der Waals surface area contributed by atoms with E-state index in [2.05, 4.69) is 10.3 Å². The number of hydrogen-bond donors (Lipinski definition) is 2. The quantitative estimate of drug-likeness (QED) is 0.882. The maximum Gasteiger partial charge on any atom is 0.240 e. The van der Waals surface area contributed by atoms with Crippen molar-refractivity contribution >= 4 is 27.5 Å². The maximum absolute atomic E-state index is 12.0. The highest BCUT2D eigenvalue weighted by atomic mass is 32.1. The number of fused-ring (bicyclic) bond motifs is 1. The lowest BCUT2D eigenvalue weighted by molar-refractivity contribution is -0.126. The third-order valence-electron chi connectivity index (χ3n) is 3.03. The van der Waals surface area contributed by atoms with Crippen LogP contribution < -0.4 is 11.1 Å². The van der Waals surface area contributed by atoms with Crippen LogP contribution in [0.15, 0.2) is 24.3 Å². The number of carbonyl (C=O) groups is 1. The second-order valence-electron chi connectivity index (χ2n) is 4.93. The van der Waals surface area contributed by atoms with Gasteiger partial charge >= 0.3 is 0 Å². The van der Waals surface area contributed by atoms with Crippen molar-refractivity contribution < 1.29 is 4.79 Å². The monoisotopic (exact) mass is 277 g/mol. The number of benzene rings is 1. The Morgan fingerprint density at radius 2 is 2.21 bits per heavy atom. The van der Waals surface area contributed by atoms with Gasteiger partial charge < -0.3 is 11.1 Å². The van der Waals surface area contributed by atoms with E-state index in [1.807, 2.05) is 31.2 Å². The molecular formula is C14H19N3OS. The van der Waals surface area contributed by atoms with Crippen LogP contribution in [0.2, 0.25) is 0 Å². The Morgan fingerprint density at radius 1 is 1.47 bits per heavy atom. The second kappa shape index (κ2) is 5.67. The van der Waals surface area contributed by atoms with E-state index in [1.165, 1.54) is 0 Å². The molecule has 1 amide bonds. The fourth-order valence-corrected chi connectivity index (χ4v) is 2.89. The van der Waals surface area contributed by atoms with Crippen LogP contribution in [0.25, 0.3) is 10.2 Å². The van der Waals surface area contributed by atoms with Crippen molar-refractivity contribution in [3.63, 3.8) is 0 Å². The van der Waals surface area contributed by atoms with Crippen LogP contribution >= 0.6 is 11.3 Å². The molecule has 0 aliphatic rings. The zero-order chi connectivity index (χ0) is 13.9. The van der Waals surface area contributed by atoms with E-state index in [4.69, 9.17) is 5.73 Å². The van der Waals surface area contributed by atoms with Crippen LogP contribution in [0, 0.1) is 0 Å². The van der Waals surface area contributed by atoms with Gasteiger partial charge in [0.25, 0.3) is 0 Å². The van der Waals surface area contributed by atoms with E-state index in [1.54, 1.807) is 18.3 Å². The lowest BCUT2D eigenvalue weighted by Gasteiger charge is -2.22. The number of nitrogens with two attached hydrogens (primary N) is 1. The van der Waals surface area contributed by atoms with Crippen LogP contribution in [0.5, 0.6) is 0 Å². The van der Waals surface area contributed by atoms with Crippen molar-refractivity contribution in [2.45, 2.75) is 38.8 Å².